The molecule has 0 atom stereocenters. The van der Waals surface area contributed by atoms with Crippen molar-refractivity contribution in [3.63, 3.8) is 0 Å². The molecule has 28 heavy (non-hydrogen) atoms. The Kier molecular flexibility index (Phi) is 4.85. The average Bonchev–Trinajstić information content (AvgIpc) is 3.12. The Balaban J connectivity index is 1.80. The number of aromatic nitrogens is 1. The molecule has 4 rings (SSSR count). The SMILES string of the molecule is COc1ccc(C(=O)c2cn(Cc3ccccc3)c3ccccc23)c(OC)c1. The molecule has 140 valence electrons. The number of nitrogens with zero attached hydrogens (tertiary/aromatic N) is 1. The van der Waals surface area contributed by atoms with Gasteiger partial charge in [-0.1, -0.05) is 48.5 Å². The number of para-hydroxylation sites is 1. The normalized spacial score (nSPS) is 10.8. The highest BCUT2D eigenvalue weighted by Crippen LogP contribution is 2.30. The van der Waals surface area contributed by atoms with Crippen molar-refractivity contribution >= 4 is 16.7 Å². The van der Waals surface area contributed by atoms with E-state index in [1.54, 1.807) is 32.4 Å². The molecule has 0 aliphatic heterocycles. The predicted octanol–water partition coefficient (Wildman–Crippen LogP) is 4.94. The number of hydrogen-bond donors (Lipinski definition) is 0. The highest BCUT2D eigenvalue weighted by atomic mass is 16.5. The third-order valence-electron chi connectivity index (χ3n) is 4.88. The van der Waals surface area contributed by atoms with Gasteiger partial charge < -0.3 is 14.0 Å². The molecule has 0 N–H and O–H groups in total. The number of rotatable bonds is 6. The van der Waals surface area contributed by atoms with Gasteiger partial charge in [0.2, 0.25) is 0 Å². The van der Waals surface area contributed by atoms with Crippen LogP contribution >= 0.6 is 0 Å². The fourth-order valence-electron chi connectivity index (χ4n) is 3.47. The smallest absolute Gasteiger partial charge is 0.198 e. The standard InChI is InChI=1S/C24H21NO3/c1-27-18-12-13-20(23(14-18)28-2)24(26)21-16-25(15-17-8-4-3-5-9-17)22-11-7-6-10-19(21)22/h3-14,16H,15H2,1-2H3. The molecule has 0 aliphatic carbocycles. The third-order valence-corrected chi connectivity index (χ3v) is 4.88. The first-order valence-electron chi connectivity index (χ1n) is 9.10. The van der Waals surface area contributed by atoms with E-state index >= 15 is 0 Å². The molecule has 0 radical (unpaired) electrons. The fraction of sp³-hybridized carbons (Fsp3) is 0.125. The van der Waals surface area contributed by atoms with E-state index in [0.717, 1.165) is 10.9 Å². The summed E-state index contributed by atoms with van der Waals surface area (Å²) in [6, 6.07) is 23.5. The van der Waals surface area contributed by atoms with Crippen molar-refractivity contribution in [2.45, 2.75) is 6.54 Å². The lowest BCUT2D eigenvalue weighted by molar-refractivity contribution is 0.103. The molecule has 0 saturated heterocycles. The second-order valence-electron chi connectivity index (χ2n) is 6.57. The summed E-state index contributed by atoms with van der Waals surface area (Å²) in [6.45, 7) is 0.703. The zero-order chi connectivity index (χ0) is 19.5. The molecule has 4 nitrogen and oxygen atoms in total. The van der Waals surface area contributed by atoms with Crippen LogP contribution in [0.25, 0.3) is 10.9 Å². The number of ketones is 1. The van der Waals surface area contributed by atoms with Crippen LogP contribution in [0, 0.1) is 0 Å². The maximum atomic E-state index is 13.4. The van der Waals surface area contributed by atoms with Gasteiger partial charge in [0, 0.05) is 35.3 Å². The predicted molar refractivity (Wildman–Crippen MR) is 110 cm³/mol. The number of benzene rings is 3. The van der Waals surface area contributed by atoms with Crippen molar-refractivity contribution < 1.29 is 14.3 Å². The van der Waals surface area contributed by atoms with Crippen molar-refractivity contribution in [1.29, 1.82) is 0 Å². The molecule has 0 aliphatic rings. The summed E-state index contributed by atoms with van der Waals surface area (Å²) in [4.78, 5) is 13.4. The molecule has 3 aromatic carbocycles. The fourth-order valence-corrected chi connectivity index (χ4v) is 3.47. The molecule has 0 unspecified atom stereocenters. The monoisotopic (exact) mass is 371 g/mol. The summed E-state index contributed by atoms with van der Waals surface area (Å²) in [6.07, 6.45) is 1.93. The molecule has 0 saturated carbocycles. The number of hydrogen-bond acceptors (Lipinski definition) is 3. The lowest BCUT2D eigenvalue weighted by Crippen LogP contribution is -2.04. The number of fused-ring (bicyclic) bond motifs is 1. The summed E-state index contributed by atoms with van der Waals surface area (Å²) in [5.41, 5.74) is 3.40. The largest absolute Gasteiger partial charge is 0.497 e. The topological polar surface area (TPSA) is 40.5 Å². The van der Waals surface area contributed by atoms with Crippen LogP contribution in [0.2, 0.25) is 0 Å². The van der Waals surface area contributed by atoms with Crippen LogP contribution in [-0.2, 0) is 6.54 Å². The van der Waals surface area contributed by atoms with Gasteiger partial charge in [-0.25, -0.2) is 0 Å². The Morgan fingerprint density at radius 2 is 1.61 bits per heavy atom. The number of ether oxygens (including phenoxy) is 2. The first-order valence-corrected chi connectivity index (χ1v) is 9.10. The van der Waals surface area contributed by atoms with E-state index < -0.39 is 0 Å². The summed E-state index contributed by atoms with van der Waals surface area (Å²) >= 11 is 0. The number of methoxy groups -OCH3 is 2. The van der Waals surface area contributed by atoms with E-state index in [4.69, 9.17) is 9.47 Å². The Morgan fingerprint density at radius 1 is 0.857 bits per heavy atom. The molecular formula is C24H21NO3. The van der Waals surface area contributed by atoms with Crippen LogP contribution in [-0.4, -0.2) is 24.6 Å². The highest BCUT2D eigenvalue weighted by molar-refractivity contribution is 6.17. The van der Waals surface area contributed by atoms with Crippen LogP contribution in [0.5, 0.6) is 11.5 Å². The first kappa shape index (κ1) is 17.9. The minimum Gasteiger partial charge on any atom is -0.497 e. The summed E-state index contributed by atoms with van der Waals surface area (Å²) in [5.74, 6) is 1.09. The molecule has 1 heterocycles. The minimum absolute atomic E-state index is 0.0671. The lowest BCUT2D eigenvalue weighted by Gasteiger charge is -2.09. The van der Waals surface area contributed by atoms with E-state index in [1.165, 1.54) is 5.56 Å². The van der Waals surface area contributed by atoms with Gasteiger partial charge in [0.1, 0.15) is 11.5 Å². The van der Waals surface area contributed by atoms with Crippen LogP contribution in [0.3, 0.4) is 0 Å². The highest BCUT2D eigenvalue weighted by Gasteiger charge is 2.20. The summed E-state index contributed by atoms with van der Waals surface area (Å²) < 4.78 is 12.8. The van der Waals surface area contributed by atoms with Crippen molar-refractivity contribution in [3.05, 3.63) is 95.7 Å². The Bertz CT molecular complexity index is 1130. The quantitative estimate of drug-likeness (QED) is 0.451. The van der Waals surface area contributed by atoms with Crippen LogP contribution < -0.4 is 9.47 Å². The van der Waals surface area contributed by atoms with Crippen LogP contribution in [0.1, 0.15) is 21.5 Å². The third kappa shape index (κ3) is 3.25. The Labute approximate surface area is 163 Å². The van der Waals surface area contributed by atoms with Gasteiger partial charge in [-0.3, -0.25) is 4.79 Å². The van der Waals surface area contributed by atoms with E-state index in [1.807, 2.05) is 48.7 Å². The zero-order valence-electron chi connectivity index (χ0n) is 15.9. The van der Waals surface area contributed by atoms with E-state index in [2.05, 4.69) is 16.7 Å². The van der Waals surface area contributed by atoms with Gasteiger partial charge in [-0.2, -0.15) is 0 Å². The van der Waals surface area contributed by atoms with Gasteiger partial charge in [0.05, 0.1) is 19.8 Å². The van der Waals surface area contributed by atoms with Gasteiger partial charge in [0.25, 0.3) is 0 Å². The van der Waals surface area contributed by atoms with Crippen LogP contribution in [0.4, 0.5) is 0 Å². The van der Waals surface area contributed by atoms with Crippen molar-refractivity contribution in [2.24, 2.45) is 0 Å². The summed E-state index contributed by atoms with van der Waals surface area (Å²) in [7, 11) is 3.15. The Morgan fingerprint density at radius 3 is 2.36 bits per heavy atom. The molecule has 0 fully saturated rings. The molecule has 1 aromatic heterocycles. The molecular weight excluding hydrogens is 350 g/mol. The number of carbonyl (C=O) groups excluding carboxylic acids is 1. The van der Waals surface area contributed by atoms with E-state index in [-0.39, 0.29) is 5.78 Å². The molecule has 4 aromatic rings. The minimum atomic E-state index is -0.0671. The number of carbonyl (C=O) groups is 1. The molecule has 0 amide bonds. The van der Waals surface area contributed by atoms with Gasteiger partial charge in [-0.05, 0) is 23.8 Å². The lowest BCUT2D eigenvalue weighted by atomic mass is 10.0. The maximum Gasteiger partial charge on any atom is 0.198 e. The molecule has 4 heteroatoms. The van der Waals surface area contributed by atoms with Gasteiger partial charge in [0.15, 0.2) is 5.78 Å². The Hall–Kier alpha value is -3.53. The van der Waals surface area contributed by atoms with Crippen molar-refractivity contribution in [1.82, 2.24) is 4.57 Å². The van der Waals surface area contributed by atoms with Crippen LogP contribution in [0.15, 0.2) is 79.0 Å². The van der Waals surface area contributed by atoms with Gasteiger partial charge >= 0.3 is 0 Å². The molecule has 0 bridgehead atoms. The van der Waals surface area contributed by atoms with E-state index in [0.29, 0.717) is 29.2 Å². The van der Waals surface area contributed by atoms with Crippen molar-refractivity contribution in [3.8, 4) is 11.5 Å². The zero-order valence-corrected chi connectivity index (χ0v) is 15.9. The maximum absolute atomic E-state index is 13.4. The van der Waals surface area contributed by atoms with Crippen molar-refractivity contribution in [2.75, 3.05) is 14.2 Å². The summed E-state index contributed by atoms with van der Waals surface area (Å²) in [5, 5.41) is 0.932. The second-order valence-corrected chi connectivity index (χ2v) is 6.57. The van der Waals surface area contributed by atoms with E-state index in [9.17, 15) is 4.79 Å². The van der Waals surface area contributed by atoms with Gasteiger partial charge in [-0.15, -0.1) is 0 Å². The molecule has 0 spiro atoms. The average molecular weight is 371 g/mol. The second kappa shape index (κ2) is 7.61. The first-order chi connectivity index (χ1) is 13.7.